The molecule has 7 nitrogen and oxygen atoms in total. The van der Waals surface area contributed by atoms with Crippen molar-refractivity contribution in [1.82, 2.24) is 10.2 Å². The molecule has 0 aliphatic heterocycles. The molecule has 0 unspecified atom stereocenters. The molecule has 0 saturated heterocycles. The fraction of sp³-hybridized carbons (Fsp3) is 0.522. The molecular weight excluding hydrogens is 444 g/mol. The summed E-state index contributed by atoms with van der Waals surface area (Å²) in [6, 6.07) is 6.77. The number of hydrogen-bond acceptors (Lipinski definition) is 7. The zero-order chi connectivity index (χ0) is 22.9. The molecule has 2 N–H and O–H groups in total. The van der Waals surface area contributed by atoms with E-state index in [-0.39, 0.29) is 29.3 Å². The van der Waals surface area contributed by atoms with E-state index in [2.05, 4.69) is 27.8 Å². The largest absolute Gasteiger partial charge is 0.325 e. The molecule has 1 saturated carbocycles. The minimum Gasteiger partial charge on any atom is -0.325 e. The van der Waals surface area contributed by atoms with Gasteiger partial charge in [0.2, 0.25) is 16.9 Å². The molecule has 172 valence electrons. The maximum absolute atomic E-state index is 12.6. The van der Waals surface area contributed by atoms with Crippen LogP contribution in [0, 0.1) is 11.8 Å². The third-order valence-corrected chi connectivity index (χ3v) is 7.69. The van der Waals surface area contributed by atoms with Gasteiger partial charge in [-0.15, -0.1) is 10.2 Å². The molecule has 0 bridgehead atoms. The summed E-state index contributed by atoms with van der Waals surface area (Å²) in [5.74, 6) is 0.829. The van der Waals surface area contributed by atoms with Crippen molar-refractivity contribution in [1.29, 1.82) is 0 Å². The molecule has 1 fully saturated rings. The number of benzene rings is 1. The molecule has 1 aliphatic rings. The molecule has 2 aromatic rings. The fourth-order valence-corrected chi connectivity index (χ4v) is 5.40. The SMILES string of the molecule is CCCCC1CCC(C(=O)Nc2nnc(SCC(=O)Nc3ccc(C(C)=O)cc3)s2)CC1. The summed E-state index contributed by atoms with van der Waals surface area (Å²) < 4.78 is 0.630. The van der Waals surface area contributed by atoms with Gasteiger partial charge in [-0.05, 0) is 62.8 Å². The van der Waals surface area contributed by atoms with E-state index in [9.17, 15) is 14.4 Å². The van der Waals surface area contributed by atoms with Crippen LogP contribution in [0.1, 0.15) is 69.2 Å². The number of nitrogens with zero attached hydrogens (tertiary/aromatic N) is 2. The quantitative estimate of drug-likeness (QED) is 0.271. The van der Waals surface area contributed by atoms with Crippen LogP contribution in [0.4, 0.5) is 10.8 Å². The summed E-state index contributed by atoms with van der Waals surface area (Å²) in [6.07, 6.45) is 7.91. The van der Waals surface area contributed by atoms with Crippen LogP contribution in [0.5, 0.6) is 0 Å². The standard InChI is InChI=1S/C23H30N4O3S2/c1-3-4-5-16-6-8-18(9-7-16)21(30)25-22-26-27-23(32-22)31-14-20(29)24-19-12-10-17(11-13-19)15(2)28/h10-13,16,18H,3-9,14H2,1-2H3,(H,24,29)(H,25,26,30). The topological polar surface area (TPSA) is 101 Å². The normalized spacial score (nSPS) is 18.2. The Hall–Kier alpha value is -2.26. The molecule has 1 aromatic heterocycles. The Kier molecular flexibility index (Phi) is 9.23. The van der Waals surface area contributed by atoms with Crippen molar-refractivity contribution in [2.75, 3.05) is 16.4 Å². The molecule has 3 rings (SSSR count). The monoisotopic (exact) mass is 474 g/mol. The van der Waals surface area contributed by atoms with Crippen molar-refractivity contribution in [2.24, 2.45) is 11.8 Å². The highest BCUT2D eigenvalue weighted by atomic mass is 32.2. The number of unbranched alkanes of at least 4 members (excludes halogenated alkanes) is 1. The van der Waals surface area contributed by atoms with Crippen LogP contribution in [-0.4, -0.2) is 33.5 Å². The number of rotatable bonds is 10. The summed E-state index contributed by atoms with van der Waals surface area (Å²) >= 11 is 2.56. The van der Waals surface area contributed by atoms with Crippen LogP contribution in [0.15, 0.2) is 28.6 Å². The Morgan fingerprint density at radius 2 is 1.78 bits per heavy atom. The third-order valence-electron chi connectivity index (χ3n) is 5.72. The smallest absolute Gasteiger partial charge is 0.234 e. The van der Waals surface area contributed by atoms with Crippen molar-refractivity contribution in [2.45, 2.75) is 63.1 Å². The maximum Gasteiger partial charge on any atom is 0.234 e. The minimum absolute atomic E-state index is 0.0164. The first-order valence-corrected chi connectivity index (χ1v) is 12.9. The molecule has 2 amide bonds. The van der Waals surface area contributed by atoms with Crippen LogP contribution in [-0.2, 0) is 9.59 Å². The first kappa shape index (κ1) is 24.4. The number of carbonyl (C=O) groups is 3. The van der Waals surface area contributed by atoms with E-state index < -0.39 is 0 Å². The average molecular weight is 475 g/mol. The van der Waals surface area contributed by atoms with E-state index in [0.29, 0.717) is 20.7 Å². The fourth-order valence-electron chi connectivity index (χ4n) is 3.84. The highest BCUT2D eigenvalue weighted by Crippen LogP contribution is 2.33. The number of ketones is 1. The van der Waals surface area contributed by atoms with Gasteiger partial charge >= 0.3 is 0 Å². The number of thioether (sulfide) groups is 1. The first-order valence-electron chi connectivity index (χ1n) is 11.1. The predicted octanol–water partition coefficient (Wildman–Crippen LogP) is 5.41. The number of amides is 2. The number of aromatic nitrogens is 2. The minimum atomic E-state index is -0.175. The van der Waals surface area contributed by atoms with E-state index in [4.69, 9.17) is 0 Å². The second kappa shape index (κ2) is 12.1. The number of hydrogen-bond donors (Lipinski definition) is 2. The van der Waals surface area contributed by atoms with Gasteiger partial charge in [0.15, 0.2) is 10.1 Å². The summed E-state index contributed by atoms with van der Waals surface area (Å²) in [5, 5.41) is 14.3. The lowest BCUT2D eigenvalue weighted by Gasteiger charge is -2.27. The Bertz CT molecular complexity index is 922. The molecule has 9 heteroatoms. The van der Waals surface area contributed by atoms with Crippen LogP contribution in [0.2, 0.25) is 0 Å². The van der Waals surface area contributed by atoms with Gasteiger partial charge in [-0.3, -0.25) is 14.4 Å². The van der Waals surface area contributed by atoms with Gasteiger partial charge in [0, 0.05) is 17.2 Å². The zero-order valence-electron chi connectivity index (χ0n) is 18.6. The highest BCUT2D eigenvalue weighted by Gasteiger charge is 2.26. The van der Waals surface area contributed by atoms with E-state index in [0.717, 1.165) is 31.6 Å². The number of anilines is 2. The van der Waals surface area contributed by atoms with Crippen molar-refractivity contribution < 1.29 is 14.4 Å². The van der Waals surface area contributed by atoms with Crippen LogP contribution in [0.3, 0.4) is 0 Å². The summed E-state index contributed by atoms with van der Waals surface area (Å²) in [5.41, 5.74) is 1.24. The number of carbonyl (C=O) groups excluding carboxylic acids is 3. The van der Waals surface area contributed by atoms with Gasteiger partial charge in [0.05, 0.1) is 5.75 Å². The zero-order valence-corrected chi connectivity index (χ0v) is 20.2. The lowest BCUT2D eigenvalue weighted by molar-refractivity contribution is -0.121. The Morgan fingerprint density at radius 1 is 1.06 bits per heavy atom. The first-order chi connectivity index (χ1) is 15.4. The van der Waals surface area contributed by atoms with Crippen molar-refractivity contribution in [3.63, 3.8) is 0 Å². The van der Waals surface area contributed by atoms with Gasteiger partial charge in [-0.25, -0.2) is 0 Å². The molecule has 0 radical (unpaired) electrons. The molecule has 1 aliphatic carbocycles. The predicted molar refractivity (Wildman–Crippen MR) is 129 cm³/mol. The van der Waals surface area contributed by atoms with Crippen LogP contribution < -0.4 is 10.6 Å². The van der Waals surface area contributed by atoms with Crippen molar-refractivity contribution in [3.05, 3.63) is 29.8 Å². The summed E-state index contributed by atoms with van der Waals surface area (Å²) in [4.78, 5) is 36.1. The van der Waals surface area contributed by atoms with Crippen molar-refractivity contribution in [3.8, 4) is 0 Å². The second-order valence-corrected chi connectivity index (χ2v) is 10.4. The van der Waals surface area contributed by atoms with Gasteiger partial charge in [0.25, 0.3) is 0 Å². The lowest BCUT2D eigenvalue weighted by atomic mass is 9.79. The summed E-state index contributed by atoms with van der Waals surface area (Å²) in [7, 11) is 0. The number of Topliss-reactive ketones (excluding diaryl/α,β-unsaturated/α-hetero) is 1. The molecule has 0 atom stereocenters. The molecule has 32 heavy (non-hydrogen) atoms. The lowest BCUT2D eigenvalue weighted by Crippen LogP contribution is -2.27. The Balaban J connectivity index is 1.40. The second-order valence-electron chi connectivity index (χ2n) is 8.19. The van der Waals surface area contributed by atoms with Crippen LogP contribution >= 0.6 is 23.1 Å². The molecule has 0 spiro atoms. The number of nitrogens with one attached hydrogen (secondary N) is 2. The Labute approximate surface area is 197 Å². The van der Waals surface area contributed by atoms with E-state index in [1.54, 1.807) is 24.3 Å². The molecular formula is C23H30N4O3S2. The Morgan fingerprint density at radius 3 is 2.44 bits per heavy atom. The van der Waals surface area contributed by atoms with E-state index in [1.807, 2.05) is 0 Å². The van der Waals surface area contributed by atoms with E-state index >= 15 is 0 Å². The summed E-state index contributed by atoms with van der Waals surface area (Å²) in [6.45, 7) is 3.72. The third kappa shape index (κ3) is 7.41. The van der Waals surface area contributed by atoms with Gasteiger partial charge in [0.1, 0.15) is 0 Å². The van der Waals surface area contributed by atoms with Gasteiger partial charge in [-0.1, -0.05) is 49.3 Å². The van der Waals surface area contributed by atoms with E-state index in [1.165, 1.54) is 49.3 Å². The highest BCUT2D eigenvalue weighted by molar-refractivity contribution is 8.01. The molecule has 1 heterocycles. The van der Waals surface area contributed by atoms with Crippen LogP contribution in [0.25, 0.3) is 0 Å². The maximum atomic E-state index is 12.6. The average Bonchev–Trinajstić information content (AvgIpc) is 3.24. The van der Waals surface area contributed by atoms with Crippen molar-refractivity contribution >= 4 is 51.5 Å². The van der Waals surface area contributed by atoms with Gasteiger partial charge < -0.3 is 10.6 Å². The molecule has 1 aromatic carbocycles. The van der Waals surface area contributed by atoms with Gasteiger partial charge in [-0.2, -0.15) is 0 Å².